The first kappa shape index (κ1) is 15.4. The highest BCUT2D eigenvalue weighted by Gasteiger charge is 2.24. The van der Waals surface area contributed by atoms with Gasteiger partial charge in [-0.2, -0.15) is 16.9 Å². The van der Waals surface area contributed by atoms with Crippen molar-refractivity contribution < 1.29 is 4.79 Å². The number of carbonyl (C=O) groups is 1. The maximum absolute atomic E-state index is 11.4. The van der Waals surface area contributed by atoms with E-state index in [0.29, 0.717) is 6.04 Å². The Morgan fingerprint density at radius 2 is 2.25 bits per heavy atom. The van der Waals surface area contributed by atoms with Gasteiger partial charge in [0.05, 0.1) is 12.1 Å². The quantitative estimate of drug-likeness (QED) is 0.877. The number of carbonyl (C=O) groups excluding carboxylic acids is 1. The largest absolute Gasteiger partial charge is 0.346 e. The molecule has 1 aromatic rings. The van der Waals surface area contributed by atoms with E-state index in [1.54, 1.807) is 25.0 Å². The maximum atomic E-state index is 11.4. The van der Waals surface area contributed by atoms with Gasteiger partial charge in [-0.05, 0) is 31.3 Å². The summed E-state index contributed by atoms with van der Waals surface area (Å²) in [4.78, 5) is 15.9. The molecule has 1 aromatic heterocycles. The van der Waals surface area contributed by atoms with Crippen LogP contribution in [0.15, 0.2) is 6.33 Å². The van der Waals surface area contributed by atoms with Crippen LogP contribution < -0.4 is 5.32 Å². The summed E-state index contributed by atoms with van der Waals surface area (Å²) < 4.78 is 2.06. The molecule has 6 heteroatoms. The Labute approximate surface area is 124 Å². The van der Waals surface area contributed by atoms with E-state index in [0.717, 1.165) is 18.0 Å². The zero-order valence-corrected chi connectivity index (χ0v) is 13.2. The van der Waals surface area contributed by atoms with Gasteiger partial charge in [0, 0.05) is 6.92 Å². The molecule has 5 nitrogen and oxygen atoms in total. The fraction of sp³-hybridized carbons (Fsp3) is 0.786. The molecule has 0 aromatic carbocycles. The second-order valence-corrected chi connectivity index (χ2v) is 6.37. The van der Waals surface area contributed by atoms with Crippen LogP contribution in [0.2, 0.25) is 0 Å². The lowest BCUT2D eigenvalue weighted by Crippen LogP contribution is -2.30. The third-order valence-electron chi connectivity index (χ3n) is 3.82. The van der Waals surface area contributed by atoms with Crippen LogP contribution >= 0.6 is 11.8 Å². The number of thioether (sulfide) groups is 1. The monoisotopic (exact) mass is 296 g/mol. The minimum Gasteiger partial charge on any atom is -0.346 e. The Morgan fingerprint density at radius 1 is 1.50 bits per heavy atom. The Morgan fingerprint density at radius 3 is 2.90 bits per heavy atom. The molecule has 1 saturated carbocycles. The molecular formula is C14H24N4OS. The molecule has 1 aliphatic rings. The lowest BCUT2D eigenvalue weighted by atomic mass is 9.95. The number of hydrogen-bond donors (Lipinski definition) is 1. The Kier molecular flexibility index (Phi) is 5.88. The first-order chi connectivity index (χ1) is 9.72. The molecule has 0 saturated heterocycles. The maximum Gasteiger partial charge on any atom is 0.217 e. The van der Waals surface area contributed by atoms with Gasteiger partial charge in [-0.15, -0.1) is 0 Å². The van der Waals surface area contributed by atoms with Gasteiger partial charge in [0.1, 0.15) is 12.2 Å². The van der Waals surface area contributed by atoms with Crippen molar-refractivity contribution in [1.82, 2.24) is 20.1 Å². The van der Waals surface area contributed by atoms with E-state index in [2.05, 4.69) is 26.3 Å². The van der Waals surface area contributed by atoms with E-state index in [9.17, 15) is 4.79 Å². The summed E-state index contributed by atoms with van der Waals surface area (Å²) in [6.45, 7) is 1.56. The second-order valence-electron chi connectivity index (χ2n) is 5.39. The molecule has 1 atom stereocenters. The summed E-state index contributed by atoms with van der Waals surface area (Å²) in [5.41, 5.74) is 0. The molecule has 20 heavy (non-hydrogen) atoms. The van der Waals surface area contributed by atoms with Crippen molar-refractivity contribution in [2.24, 2.45) is 0 Å². The summed E-state index contributed by atoms with van der Waals surface area (Å²) in [6.07, 6.45) is 10.8. The summed E-state index contributed by atoms with van der Waals surface area (Å²) in [7, 11) is 0. The molecule has 1 heterocycles. The molecule has 0 spiro atoms. The van der Waals surface area contributed by atoms with Crippen molar-refractivity contribution in [3.63, 3.8) is 0 Å². The highest BCUT2D eigenvalue weighted by Crippen LogP contribution is 2.30. The number of rotatable bonds is 6. The van der Waals surface area contributed by atoms with Crippen LogP contribution in [-0.2, 0) is 4.79 Å². The third kappa shape index (κ3) is 3.98. The van der Waals surface area contributed by atoms with E-state index in [1.807, 2.05) is 0 Å². The second kappa shape index (κ2) is 7.67. The van der Waals surface area contributed by atoms with Gasteiger partial charge in [-0.3, -0.25) is 4.79 Å². The lowest BCUT2D eigenvalue weighted by Gasteiger charge is -2.26. The van der Waals surface area contributed by atoms with Gasteiger partial charge in [-0.1, -0.05) is 19.3 Å². The van der Waals surface area contributed by atoms with Crippen LogP contribution in [0.4, 0.5) is 0 Å². The number of amides is 1. The average Bonchev–Trinajstić information content (AvgIpc) is 2.93. The van der Waals surface area contributed by atoms with Crippen molar-refractivity contribution >= 4 is 17.7 Å². The van der Waals surface area contributed by atoms with Crippen LogP contribution in [0.25, 0.3) is 0 Å². The van der Waals surface area contributed by atoms with Crippen LogP contribution in [-0.4, -0.2) is 32.7 Å². The minimum absolute atomic E-state index is 0.00528. The van der Waals surface area contributed by atoms with Crippen molar-refractivity contribution in [2.45, 2.75) is 57.5 Å². The van der Waals surface area contributed by atoms with Crippen molar-refractivity contribution in [3.05, 3.63) is 12.2 Å². The van der Waals surface area contributed by atoms with Gasteiger partial charge in [0.15, 0.2) is 0 Å². The smallest absolute Gasteiger partial charge is 0.217 e. The molecule has 0 aliphatic heterocycles. The highest BCUT2D eigenvalue weighted by molar-refractivity contribution is 7.98. The molecule has 0 radical (unpaired) electrons. The van der Waals surface area contributed by atoms with Gasteiger partial charge in [0.25, 0.3) is 0 Å². The predicted molar refractivity (Wildman–Crippen MR) is 81.7 cm³/mol. The molecule has 1 N–H and O–H groups in total. The topological polar surface area (TPSA) is 59.8 Å². The molecule has 1 aliphatic carbocycles. The van der Waals surface area contributed by atoms with Gasteiger partial charge >= 0.3 is 0 Å². The zero-order valence-electron chi connectivity index (χ0n) is 12.3. The first-order valence-electron chi connectivity index (χ1n) is 7.37. The zero-order chi connectivity index (χ0) is 14.4. The first-order valence-corrected chi connectivity index (χ1v) is 8.77. The number of aromatic nitrogens is 3. The molecular weight excluding hydrogens is 272 g/mol. The van der Waals surface area contributed by atoms with E-state index >= 15 is 0 Å². The molecule has 112 valence electrons. The van der Waals surface area contributed by atoms with E-state index < -0.39 is 0 Å². The van der Waals surface area contributed by atoms with Crippen LogP contribution in [0.1, 0.15) is 63.4 Å². The lowest BCUT2D eigenvalue weighted by molar-refractivity contribution is -0.119. The summed E-state index contributed by atoms with van der Waals surface area (Å²) in [6, 6.07) is 0.427. The third-order valence-corrected chi connectivity index (χ3v) is 4.47. The Bertz CT molecular complexity index is 429. The Hall–Kier alpha value is -1.04. The SMILES string of the molecule is CSCC[C@H](NC(C)=O)c1ncnn1C1CCCCC1. The summed E-state index contributed by atoms with van der Waals surface area (Å²) in [5.74, 6) is 1.91. The van der Waals surface area contributed by atoms with Crippen LogP contribution in [0.3, 0.4) is 0 Å². The predicted octanol–water partition coefficient (Wildman–Crippen LogP) is 2.71. The van der Waals surface area contributed by atoms with Crippen LogP contribution in [0, 0.1) is 0 Å². The molecule has 1 fully saturated rings. The number of nitrogens with one attached hydrogen (secondary N) is 1. The molecule has 1 amide bonds. The van der Waals surface area contributed by atoms with Crippen molar-refractivity contribution in [1.29, 1.82) is 0 Å². The van der Waals surface area contributed by atoms with E-state index in [4.69, 9.17) is 0 Å². The summed E-state index contributed by atoms with van der Waals surface area (Å²) >= 11 is 1.79. The van der Waals surface area contributed by atoms with E-state index in [1.165, 1.54) is 32.1 Å². The molecule has 2 rings (SSSR count). The van der Waals surface area contributed by atoms with Crippen molar-refractivity contribution in [2.75, 3.05) is 12.0 Å². The van der Waals surface area contributed by atoms with Gasteiger partial charge < -0.3 is 5.32 Å². The minimum atomic E-state index is -0.0237. The normalized spacial score (nSPS) is 17.9. The number of hydrogen-bond acceptors (Lipinski definition) is 4. The molecule has 0 unspecified atom stereocenters. The standard InChI is InChI=1S/C14H24N4OS/c1-11(19)17-13(8-9-20-2)14-15-10-16-18(14)12-6-4-3-5-7-12/h10,12-13H,3-9H2,1-2H3,(H,17,19)/t13-/m0/s1. The van der Waals surface area contributed by atoms with Gasteiger partial charge in [-0.25, -0.2) is 9.67 Å². The fourth-order valence-corrected chi connectivity index (χ4v) is 3.33. The summed E-state index contributed by atoms with van der Waals surface area (Å²) in [5, 5.41) is 7.44. The molecule has 0 bridgehead atoms. The van der Waals surface area contributed by atoms with Crippen LogP contribution in [0.5, 0.6) is 0 Å². The van der Waals surface area contributed by atoms with Crippen molar-refractivity contribution in [3.8, 4) is 0 Å². The highest BCUT2D eigenvalue weighted by atomic mass is 32.2. The number of nitrogens with zero attached hydrogens (tertiary/aromatic N) is 3. The average molecular weight is 296 g/mol. The fourth-order valence-electron chi connectivity index (χ4n) is 2.86. The Balaban J connectivity index is 2.14. The van der Waals surface area contributed by atoms with E-state index in [-0.39, 0.29) is 11.9 Å². The van der Waals surface area contributed by atoms with Gasteiger partial charge in [0.2, 0.25) is 5.91 Å².